The third-order valence-electron chi connectivity index (χ3n) is 3.17. The lowest BCUT2D eigenvalue weighted by Gasteiger charge is -2.07. The topological polar surface area (TPSA) is 98.0 Å². The van der Waals surface area contributed by atoms with E-state index < -0.39 is 5.91 Å². The SMILES string of the molecule is Cc1ccc(C(=O)Nc2ccc3[nH]c(=O)[nH]c3c2)c(O)c1. The van der Waals surface area contributed by atoms with Crippen LogP contribution in [0.2, 0.25) is 0 Å². The molecule has 0 spiro atoms. The molecule has 3 aromatic rings. The minimum absolute atomic E-state index is 0.0661. The molecule has 6 heteroatoms. The zero-order valence-electron chi connectivity index (χ0n) is 11.2. The molecule has 0 atom stereocenters. The average molecular weight is 283 g/mol. The van der Waals surface area contributed by atoms with Gasteiger partial charge in [-0.2, -0.15) is 0 Å². The van der Waals surface area contributed by atoms with E-state index in [4.69, 9.17) is 0 Å². The first-order valence-electron chi connectivity index (χ1n) is 6.36. The summed E-state index contributed by atoms with van der Waals surface area (Å²) >= 11 is 0. The molecular formula is C15H13N3O3. The van der Waals surface area contributed by atoms with E-state index in [2.05, 4.69) is 15.3 Å². The Labute approximate surface area is 119 Å². The number of carbonyl (C=O) groups excluding carboxylic acids is 1. The number of rotatable bonds is 2. The second-order valence-corrected chi connectivity index (χ2v) is 4.81. The molecule has 0 fully saturated rings. The molecular weight excluding hydrogens is 270 g/mol. The molecule has 0 radical (unpaired) electrons. The average Bonchev–Trinajstić information content (AvgIpc) is 2.77. The van der Waals surface area contributed by atoms with Crippen LogP contribution in [-0.2, 0) is 0 Å². The van der Waals surface area contributed by atoms with Gasteiger partial charge >= 0.3 is 5.69 Å². The van der Waals surface area contributed by atoms with Crippen LogP contribution < -0.4 is 11.0 Å². The quantitative estimate of drug-likeness (QED) is 0.580. The fourth-order valence-corrected chi connectivity index (χ4v) is 2.14. The first-order chi connectivity index (χ1) is 10.0. The summed E-state index contributed by atoms with van der Waals surface area (Å²) in [5.74, 6) is -0.478. The number of amides is 1. The van der Waals surface area contributed by atoms with Crippen molar-refractivity contribution in [3.63, 3.8) is 0 Å². The van der Waals surface area contributed by atoms with Gasteiger partial charge in [0.05, 0.1) is 16.6 Å². The Balaban J connectivity index is 1.90. The summed E-state index contributed by atoms with van der Waals surface area (Å²) in [5, 5.41) is 12.5. The molecule has 0 saturated heterocycles. The van der Waals surface area contributed by atoms with Gasteiger partial charge in [0, 0.05) is 5.69 Å². The Hall–Kier alpha value is -3.02. The lowest BCUT2D eigenvalue weighted by molar-refractivity contribution is 0.102. The number of aromatic nitrogens is 2. The highest BCUT2D eigenvalue weighted by Gasteiger charge is 2.11. The molecule has 106 valence electrons. The van der Waals surface area contributed by atoms with Gasteiger partial charge in [0.15, 0.2) is 0 Å². The Kier molecular flexibility index (Phi) is 2.98. The molecule has 0 bridgehead atoms. The van der Waals surface area contributed by atoms with Crippen molar-refractivity contribution in [3.8, 4) is 5.75 Å². The molecule has 2 aromatic carbocycles. The number of imidazole rings is 1. The number of hydrogen-bond donors (Lipinski definition) is 4. The van der Waals surface area contributed by atoms with Crippen molar-refractivity contribution in [2.75, 3.05) is 5.32 Å². The maximum atomic E-state index is 12.1. The minimum atomic E-state index is -0.412. The van der Waals surface area contributed by atoms with E-state index in [-0.39, 0.29) is 17.0 Å². The number of phenols is 1. The van der Waals surface area contributed by atoms with Gasteiger partial charge in [-0.05, 0) is 42.8 Å². The number of aryl methyl sites for hydroxylation is 1. The molecule has 0 saturated carbocycles. The lowest BCUT2D eigenvalue weighted by Crippen LogP contribution is -2.12. The van der Waals surface area contributed by atoms with Crippen LogP contribution in [0.5, 0.6) is 5.75 Å². The number of aromatic hydroxyl groups is 1. The fraction of sp³-hybridized carbons (Fsp3) is 0.0667. The van der Waals surface area contributed by atoms with Crippen molar-refractivity contribution in [3.05, 3.63) is 58.0 Å². The van der Waals surface area contributed by atoms with Gasteiger partial charge in [0.25, 0.3) is 5.91 Å². The molecule has 0 aliphatic heterocycles. The third-order valence-corrected chi connectivity index (χ3v) is 3.17. The number of hydrogen-bond acceptors (Lipinski definition) is 3. The van der Waals surface area contributed by atoms with Crippen LogP contribution in [0.1, 0.15) is 15.9 Å². The second kappa shape index (κ2) is 4.82. The summed E-state index contributed by atoms with van der Waals surface area (Å²) in [6.07, 6.45) is 0. The molecule has 3 rings (SSSR count). The monoisotopic (exact) mass is 283 g/mol. The number of anilines is 1. The van der Waals surface area contributed by atoms with Crippen LogP contribution in [0.25, 0.3) is 11.0 Å². The van der Waals surface area contributed by atoms with Gasteiger partial charge in [-0.1, -0.05) is 6.07 Å². The van der Waals surface area contributed by atoms with Crippen molar-refractivity contribution in [2.45, 2.75) is 6.92 Å². The van der Waals surface area contributed by atoms with Crippen molar-refractivity contribution in [1.82, 2.24) is 9.97 Å². The fourth-order valence-electron chi connectivity index (χ4n) is 2.14. The number of benzene rings is 2. The maximum absolute atomic E-state index is 12.1. The van der Waals surface area contributed by atoms with E-state index in [1.807, 2.05) is 6.92 Å². The Morgan fingerprint density at radius 1 is 1.10 bits per heavy atom. The number of nitrogens with one attached hydrogen (secondary N) is 3. The van der Waals surface area contributed by atoms with Crippen molar-refractivity contribution >= 4 is 22.6 Å². The predicted molar refractivity (Wildman–Crippen MR) is 79.7 cm³/mol. The lowest BCUT2D eigenvalue weighted by atomic mass is 10.1. The Morgan fingerprint density at radius 2 is 1.86 bits per heavy atom. The summed E-state index contributed by atoms with van der Waals surface area (Å²) in [6, 6.07) is 9.86. The van der Waals surface area contributed by atoms with E-state index in [0.717, 1.165) is 5.56 Å². The summed E-state index contributed by atoms with van der Waals surface area (Å²) in [6.45, 7) is 1.83. The molecule has 21 heavy (non-hydrogen) atoms. The van der Waals surface area contributed by atoms with E-state index in [9.17, 15) is 14.7 Å². The van der Waals surface area contributed by atoms with Crippen molar-refractivity contribution < 1.29 is 9.90 Å². The molecule has 1 aromatic heterocycles. The molecule has 0 aliphatic carbocycles. The third kappa shape index (κ3) is 2.51. The molecule has 0 unspecified atom stereocenters. The van der Waals surface area contributed by atoms with Gasteiger partial charge in [-0.25, -0.2) is 4.79 Å². The molecule has 1 heterocycles. The largest absolute Gasteiger partial charge is 0.507 e. The second-order valence-electron chi connectivity index (χ2n) is 4.81. The van der Waals surface area contributed by atoms with Gasteiger partial charge < -0.3 is 20.4 Å². The van der Waals surface area contributed by atoms with E-state index in [1.165, 1.54) is 6.07 Å². The highest BCUT2D eigenvalue weighted by atomic mass is 16.3. The number of H-pyrrole nitrogens is 2. The van der Waals surface area contributed by atoms with Crippen LogP contribution in [0.4, 0.5) is 5.69 Å². The Morgan fingerprint density at radius 3 is 2.62 bits per heavy atom. The molecule has 4 N–H and O–H groups in total. The van der Waals surface area contributed by atoms with Gasteiger partial charge in [-0.15, -0.1) is 0 Å². The predicted octanol–water partition coefficient (Wildman–Crippen LogP) is 2.12. The van der Waals surface area contributed by atoms with Gasteiger partial charge in [0.1, 0.15) is 5.75 Å². The maximum Gasteiger partial charge on any atom is 0.323 e. The summed E-state index contributed by atoms with van der Waals surface area (Å²) in [5.41, 5.74) is 2.56. The first kappa shape index (κ1) is 13.0. The standard InChI is InChI=1S/C15H13N3O3/c1-8-2-4-10(13(19)6-8)14(20)16-9-3-5-11-12(7-9)18-15(21)17-11/h2-7,19H,1H3,(H,16,20)(H2,17,18,21). The zero-order chi connectivity index (χ0) is 15.0. The summed E-state index contributed by atoms with van der Waals surface area (Å²) in [7, 11) is 0. The summed E-state index contributed by atoms with van der Waals surface area (Å²) < 4.78 is 0. The zero-order valence-corrected chi connectivity index (χ0v) is 11.2. The number of phenolic OH excluding ortho intramolecular Hbond substituents is 1. The molecule has 0 aliphatic rings. The van der Waals surface area contributed by atoms with Gasteiger partial charge in [0.2, 0.25) is 0 Å². The van der Waals surface area contributed by atoms with Crippen LogP contribution in [-0.4, -0.2) is 21.0 Å². The number of carbonyl (C=O) groups is 1. The van der Waals surface area contributed by atoms with E-state index in [0.29, 0.717) is 16.7 Å². The smallest absolute Gasteiger partial charge is 0.323 e. The van der Waals surface area contributed by atoms with Crippen molar-refractivity contribution in [1.29, 1.82) is 0 Å². The number of fused-ring (bicyclic) bond motifs is 1. The minimum Gasteiger partial charge on any atom is -0.507 e. The van der Waals surface area contributed by atoms with Crippen LogP contribution in [0.3, 0.4) is 0 Å². The first-order valence-corrected chi connectivity index (χ1v) is 6.36. The highest BCUT2D eigenvalue weighted by Crippen LogP contribution is 2.21. The molecule has 6 nitrogen and oxygen atoms in total. The van der Waals surface area contributed by atoms with Gasteiger partial charge in [-0.3, -0.25) is 4.79 Å². The van der Waals surface area contributed by atoms with Crippen LogP contribution >= 0.6 is 0 Å². The van der Waals surface area contributed by atoms with E-state index >= 15 is 0 Å². The number of aromatic amines is 2. The Bertz CT molecular complexity index is 893. The molecule has 1 amide bonds. The summed E-state index contributed by atoms with van der Waals surface area (Å²) in [4.78, 5) is 28.6. The van der Waals surface area contributed by atoms with E-state index in [1.54, 1.807) is 30.3 Å². The van der Waals surface area contributed by atoms with Crippen LogP contribution in [0, 0.1) is 6.92 Å². The van der Waals surface area contributed by atoms with Crippen molar-refractivity contribution in [2.24, 2.45) is 0 Å². The van der Waals surface area contributed by atoms with Crippen LogP contribution in [0.15, 0.2) is 41.2 Å². The normalized spacial score (nSPS) is 10.7. The highest BCUT2D eigenvalue weighted by molar-refractivity contribution is 6.06.